The van der Waals surface area contributed by atoms with Crippen molar-refractivity contribution in [2.75, 3.05) is 30.5 Å². The van der Waals surface area contributed by atoms with Gasteiger partial charge in [-0.15, -0.1) is 0 Å². The minimum Gasteiger partial charge on any atom is -0.303 e. The van der Waals surface area contributed by atoms with E-state index in [1.54, 1.807) is 12.1 Å². The van der Waals surface area contributed by atoms with E-state index in [0.29, 0.717) is 23.6 Å². The van der Waals surface area contributed by atoms with Gasteiger partial charge in [0.05, 0.1) is 16.8 Å². The summed E-state index contributed by atoms with van der Waals surface area (Å²) in [5.41, 5.74) is 3.78. The molecule has 2 amide bonds. The van der Waals surface area contributed by atoms with E-state index in [1.807, 2.05) is 12.1 Å². The molecule has 0 bridgehead atoms. The Balaban J connectivity index is 1.02. The maximum Gasteiger partial charge on any atom is 0.261 e. The first kappa shape index (κ1) is 24.8. The van der Waals surface area contributed by atoms with Gasteiger partial charge in [0, 0.05) is 23.1 Å². The standard InChI is InChI=1S/C32H33N3O2S/c36-31-28-15-7-8-16-29(28)32(37)34(31)21-10-9-20-33-22-17-25(18-23-33)30-19-24-38(27-13-5-2-6-14-27)35(30)26-11-3-1-4-12-26/h1-8,11-16,19,24-25H,9-10,17-18,20-23H2. The Hall–Kier alpha value is -3.48. The van der Waals surface area contributed by atoms with Gasteiger partial charge < -0.3 is 4.90 Å². The number of allylic oxidation sites excluding steroid dienone is 2. The van der Waals surface area contributed by atoms with E-state index >= 15 is 0 Å². The molecule has 3 heterocycles. The molecule has 3 aliphatic rings. The number of para-hydroxylation sites is 1. The summed E-state index contributed by atoms with van der Waals surface area (Å²) in [6, 6.07) is 28.7. The van der Waals surface area contributed by atoms with Crippen LogP contribution in [0.15, 0.2) is 102 Å². The Morgan fingerprint density at radius 1 is 0.711 bits per heavy atom. The minimum absolute atomic E-state index is 0.106. The molecule has 0 aromatic heterocycles. The number of fused-ring (bicyclic) bond motifs is 1. The number of imide groups is 1. The molecule has 1 saturated heterocycles. The van der Waals surface area contributed by atoms with Crippen LogP contribution >= 0.6 is 10.7 Å². The van der Waals surface area contributed by atoms with Crippen LogP contribution in [0.5, 0.6) is 0 Å². The fraction of sp³-hybridized carbons (Fsp3) is 0.281. The number of carbonyl (C=O) groups excluding carboxylic acids is 2. The van der Waals surface area contributed by atoms with Crippen molar-refractivity contribution >= 4 is 33.5 Å². The van der Waals surface area contributed by atoms with Crippen molar-refractivity contribution in [2.24, 2.45) is 5.92 Å². The molecule has 3 aliphatic heterocycles. The zero-order valence-electron chi connectivity index (χ0n) is 21.5. The summed E-state index contributed by atoms with van der Waals surface area (Å²) in [7, 11) is -0.106. The Morgan fingerprint density at radius 2 is 1.29 bits per heavy atom. The number of amides is 2. The number of likely N-dealkylation sites (tertiary alicyclic amines) is 1. The van der Waals surface area contributed by atoms with E-state index in [9.17, 15) is 9.59 Å². The molecule has 1 unspecified atom stereocenters. The minimum atomic E-state index is -0.148. The summed E-state index contributed by atoms with van der Waals surface area (Å²) in [5, 5.41) is 2.38. The van der Waals surface area contributed by atoms with Crippen molar-refractivity contribution in [3.63, 3.8) is 0 Å². The number of hydrogen-bond donors (Lipinski definition) is 0. The predicted molar refractivity (Wildman–Crippen MR) is 156 cm³/mol. The molecule has 194 valence electrons. The average molecular weight is 524 g/mol. The molecule has 6 heteroatoms. The van der Waals surface area contributed by atoms with Gasteiger partial charge in [-0.2, -0.15) is 0 Å². The summed E-state index contributed by atoms with van der Waals surface area (Å²) < 4.78 is 2.55. The zero-order valence-corrected chi connectivity index (χ0v) is 22.4. The number of anilines is 1. The highest BCUT2D eigenvalue weighted by Gasteiger charge is 2.34. The Labute approximate surface area is 227 Å². The molecule has 1 atom stereocenters. The lowest BCUT2D eigenvalue weighted by Crippen LogP contribution is -2.37. The second kappa shape index (κ2) is 11.1. The second-order valence-corrected chi connectivity index (χ2v) is 11.9. The molecule has 0 saturated carbocycles. The first-order valence-corrected chi connectivity index (χ1v) is 14.8. The molecule has 38 heavy (non-hydrogen) atoms. The number of benzene rings is 3. The summed E-state index contributed by atoms with van der Waals surface area (Å²) in [4.78, 5) is 30.5. The van der Waals surface area contributed by atoms with E-state index in [-0.39, 0.29) is 22.5 Å². The third-order valence-corrected chi connectivity index (χ3v) is 9.73. The van der Waals surface area contributed by atoms with Crippen molar-refractivity contribution in [2.45, 2.75) is 30.6 Å². The molecule has 3 aromatic carbocycles. The molecular formula is C32H33N3O2S. The van der Waals surface area contributed by atoms with Gasteiger partial charge in [-0.3, -0.25) is 18.8 Å². The quantitative estimate of drug-likeness (QED) is 0.200. The number of unbranched alkanes of at least 4 members (excludes halogenated alkanes) is 1. The topological polar surface area (TPSA) is 43.9 Å². The van der Waals surface area contributed by atoms with Crippen LogP contribution in [0.2, 0.25) is 0 Å². The number of piperidine rings is 1. The fourth-order valence-corrected chi connectivity index (χ4v) is 7.73. The molecule has 1 fully saturated rings. The molecule has 0 aliphatic carbocycles. The van der Waals surface area contributed by atoms with Gasteiger partial charge >= 0.3 is 0 Å². The van der Waals surface area contributed by atoms with Gasteiger partial charge in [0.2, 0.25) is 0 Å². The number of rotatable bonds is 8. The molecule has 5 nitrogen and oxygen atoms in total. The highest BCUT2D eigenvalue weighted by atomic mass is 32.2. The fourth-order valence-electron chi connectivity index (χ4n) is 5.75. The summed E-state index contributed by atoms with van der Waals surface area (Å²) in [5.74, 6) is 0.248. The Kier molecular flexibility index (Phi) is 7.25. The highest BCUT2D eigenvalue weighted by Crippen LogP contribution is 2.45. The van der Waals surface area contributed by atoms with E-state index in [1.165, 1.54) is 21.2 Å². The normalized spacial score (nSPS) is 20.0. The molecule has 0 spiro atoms. The average Bonchev–Trinajstić information content (AvgIpc) is 3.52. The first-order valence-electron chi connectivity index (χ1n) is 13.6. The van der Waals surface area contributed by atoms with E-state index < -0.39 is 0 Å². The lowest BCUT2D eigenvalue weighted by atomic mass is 9.92. The third kappa shape index (κ3) is 4.86. The van der Waals surface area contributed by atoms with Crippen molar-refractivity contribution < 1.29 is 9.59 Å². The van der Waals surface area contributed by atoms with Crippen molar-refractivity contribution in [1.29, 1.82) is 0 Å². The van der Waals surface area contributed by atoms with Gasteiger partial charge in [0.1, 0.15) is 0 Å². The summed E-state index contributed by atoms with van der Waals surface area (Å²) in [6.45, 7) is 3.67. The van der Waals surface area contributed by atoms with Gasteiger partial charge in [-0.05, 0) is 93.2 Å². The summed E-state index contributed by atoms with van der Waals surface area (Å²) in [6.07, 6.45) is 6.49. The first-order chi connectivity index (χ1) is 18.7. The zero-order chi connectivity index (χ0) is 25.9. The monoisotopic (exact) mass is 523 g/mol. The molecule has 6 rings (SSSR count). The van der Waals surface area contributed by atoms with Gasteiger partial charge in [0.15, 0.2) is 0 Å². The van der Waals surface area contributed by atoms with Gasteiger partial charge in [0.25, 0.3) is 11.8 Å². The lowest BCUT2D eigenvalue weighted by molar-refractivity contribution is 0.0649. The second-order valence-electron chi connectivity index (χ2n) is 10.1. The van der Waals surface area contributed by atoms with Gasteiger partial charge in [-0.1, -0.05) is 59.2 Å². The van der Waals surface area contributed by atoms with Crippen LogP contribution in [-0.2, 0) is 0 Å². The number of carbonyl (C=O) groups is 2. The third-order valence-electron chi connectivity index (χ3n) is 7.76. The maximum atomic E-state index is 12.6. The SMILES string of the molecule is O=C1c2ccccc2C(=O)N1CCCCN1CCC(C2=CC=S(c3ccccc3)N2c2ccccc2)CC1. The largest absolute Gasteiger partial charge is 0.303 e. The lowest BCUT2D eigenvalue weighted by Gasteiger charge is -2.37. The van der Waals surface area contributed by atoms with E-state index in [2.05, 4.69) is 81.3 Å². The maximum absolute atomic E-state index is 12.6. The van der Waals surface area contributed by atoms with Crippen molar-refractivity contribution in [3.8, 4) is 0 Å². The Morgan fingerprint density at radius 3 is 1.95 bits per heavy atom. The molecular weight excluding hydrogens is 490 g/mol. The highest BCUT2D eigenvalue weighted by molar-refractivity contribution is 8.16. The smallest absolute Gasteiger partial charge is 0.261 e. The van der Waals surface area contributed by atoms with Crippen LogP contribution < -0.4 is 4.31 Å². The summed E-state index contributed by atoms with van der Waals surface area (Å²) >= 11 is 0. The van der Waals surface area contributed by atoms with Gasteiger partial charge in [-0.25, -0.2) is 0 Å². The van der Waals surface area contributed by atoms with Crippen LogP contribution in [0.4, 0.5) is 5.69 Å². The van der Waals surface area contributed by atoms with Crippen LogP contribution in [0.1, 0.15) is 46.4 Å². The number of nitrogens with zero attached hydrogens (tertiary/aromatic N) is 3. The molecule has 0 N–H and O–H groups in total. The van der Waals surface area contributed by atoms with Crippen molar-refractivity contribution in [1.82, 2.24) is 9.80 Å². The number of hydrogen-bond acceptors (Lipinski definition) is 4. The van der Waals surface area contributed by atoms with Crippen LogP contribution in [0, 0.1) is 5.92 Å². The molecule has 3 aromatic rings. The predicted octanol–water partition coefficient (Wildman–Crippen LogP) is 6.22. The molecule has 0 radical (unpaired) electrons. The Bertz CT molecular complexity index is 1340. The van der Waals surface area contributed by atoms with Crippen molar-refractivity contribution in [3.05, 3.63) is 108 Å². The van der Waals surface area contributed by atoms with Crippen LogP contribution in [0.3, 0.4) is 0 Å². The van der Waals surface area contributed by atoms with Crippen LogP contribution in [-0.4, -0.2) is 53.2 Å². The van der Waals surface area contributed by atoms with E-state index in [4.69, 9.17) is 0 Å². The van der Waals surface area contributed by atoms with Crippen LogP contribution in [0.25, 0.3) is 0 Å². The van der Waals surface area contributed by atoms with E-state index in [0.717, 1.165) is 45.3 Å².